The van der Waals surface area contributed by atoms with Crippen LogP contribution in [0.4, 0.5) is 0 Å². The Morgan fingerprint density at radius 3 is 2.50 bits per heavy atom. The van der Waals surface area contributed by atoms with Crippen molar-refractivity contribution in [3.05, 3.63) is 77.6 Å². The monoisotopic (exact) mass is 407 g/mol. The molecule has 5 rings (SSSR count). The summed E-state index contributed by atoms with van der Waals surface area (Å²) in [5.74, 6) is 0.0341. The summed E-state index contributed by atoms with van der Waals surface area (Å²) in [6, 6.07) is 10.7. The third kappa shape index (κ3) is 2.93. The van der Waals surface area contributed by atoms with Crippen molar-refractivity contribution < 1.29 is 33.0 Å². The number of carbonyl (C=O) groups excluding carboxylic acids is 2. The van der Waals surface area contributed by atoms with Crippen LogP contribution in [0.25, 0.3) is 5.76 Å². The van der Waals surface area contributed by atoms with Crippen LogP contribution in [0.5, 0.6) is 11.5 Å². The van der Waals surface area contributed by atoms with Gasteiger partial charge in [-0.1, -0.05) is 0 Å². The SMILES string of the molecule is O=C1C(=O)N(Cc2ccco2)C(c2ccco2)/C1=C(/O)c1ccc2c(c1)OCCO2. The summed E-state index contributed by atoms with van der Waals surface area (Å²) in [7, 11) is 0. The molecule has 1 N–H and O–H groups in total. The number of furan rings is 2. The molecule has 4 heterocycles. The number of hydrogen-bond donors (Lipinski definition) is 1. The lowest BCUT2D eigenvalue weighted by Gasteiger charge is -2.22. The van der Waals surface area contributed by atoms with Gasteiger partial charge in [-0.3, -0.25) is 9.59 Å². The number of ketones is 1. The summed E-state index contributed by atoms with van der Waals surface area (Å²) in [5, 5.41) is 11.0. The fourth-order valence-corrected chi connectivity index (χ4v) is 3.70. The minimum atomic E-state index is -0.890. The van der Waals surface area contributed by atoms with Gasteiger partial charge in [0.25, 0.3) is 11.7 Å². The lowest BCUT2D eigenvalue weighted by atomic mass is 9.99. The Morgan fingerprint density at radius 1 is 1.00 bits per heavy atom. The predicted molar refractivity (Wildman–Crippen MR) is 103 cm³/mol. The standard InChI is InChI=1S/C22H17NO7/c24-20(13-5-6-15-17(11-13)30-10-9-29-15)18-19(16-4-2-8-28-16)23(22(26)21(18)25)12-14-3-1-7-27-14/h1-8,11,19,24H,9-10,12H2/b20-18-. The van der Waals surface area contributed by atoms with Crippen LogP contribution >= 0.6 is 0 Å². The number of benzene rings is 1. The molecule has 0 aliphatic carbocycles. The molecule has 0 bridgehead atoms. The van der Waals surface area contributed by atoms with E-state index < -0.39 is 17.7 Å². The average molecular weight is 407 g/mol. The van der Waals surface area contributed by atoms with Gasteiger partial charge in [0.15, 0.2) is 11.5 Å². The minimum Gasteiger partial charge on any atom is -0.507 e. The Balaban J connectivity index is 1.61. The van der Waals surface area contributed by atoms with Crippen molar-refractivity contribution in [3.8, 4) is 11.5 Å². The molecule has 8 nitrogen and oxygen atoms in total. The van der Waals surface area contributed by atoms with Crippen molar-refractivity contribution in [1.29, 1.82) is 0 Å². The van der Waals surface area contributed by atoms with Crippen molar-refractivity contribution in [2.45, 2.75) is 12.6 Å². The number of carbonyl (C=O) groups is 2. The maximum Gasteiger partial charge on any atom is 0.296 e. The van der Waals surface area contributed by atoms with Gasteiger partial charge in [-0.15, -0.1) is 0 Å². The van der Waals surface area contributed by atoms with Crippen LogP contribution in [0.15, 0.2) is 69.4 Å². The van der Waals surface area contributed by atoms with E-state index in [0.717, 1.165) is 0 Å². The van der Waals surface area contributed by atoms with Gasteiger partial charge in [-0.05, 0) is 42.5 Å². The lowest BCUT2D eigenvalue weighted by molar-refractivity contribution is -0.140. The van der Waals surface area contributed by atoms with Gasteiger partial charge in [0.05, 0.1) is 24.6 Å². The van der Waals surface area contributed by atoms with Gasteiger partial charge in [-0.25, -0.2) is 0 Å². The summed E-state index contributed by atoms with van der Waals surface area (Å²) in [6.45, 7) is 0.882. The fourth-order valence-electron chi connectivity index (χ4n) is 3.70. The summed E-state index contributed by atoms with van der Waals surface area (Å²) >= 11 is 0. The Morgan fingerprint density at radius 2 is 1.77 bits per heavy atom. The van der Waals surface area contributed by atoms with Gasteiger partial charge in [0, 0.05) is 5.56 Å². The average Bonchev–Trinajstić information content (AvgIpc) is 3.52. The molecule has 1 aromatic carbocycles. The van der Waals surface area contributed by atoms with Crippen molar-refractivity contribution in [1.82, 2.24) is 4.90 Å². The molecule has 1 fully saturated rings. The number of ether oxygens (including phenoxy) is 2. The Kier molecular flexibility index (Phi) is 4.31. The van der Waals surface area contributed by atoms with Crippen LogP contribution in [-0.4, -0.2) is 34.9 Å². The first kappa shape index (κ1) is 18.1. The van der Waals surface area contributed by atoms with Gasteiger partial charge in [0.2, 0.25) is 0 Å². The molecular weight excluding hydrogens is 390 g/mol. The molecule has 152 valence electrons. The van der Waals surface area contributed by atoms with Crippen molar-refractivity contribution in [2.75, 3.05) is 13.2 Å². The zero-order chi connectivity index (χ0) is 20.7. The number of Topliss-reactive ketones (excluding diaryl/α,β-unsaturated/α-hetero) is 1. The molecule has 1 atom stereocenters. The second-order valence-electron chi connectivity index (χ2n) is 6.88. The molecule has 30 heavy (non-hydrogen) atoms. The van der Waals surface area contributed by atoms with Crippen LogP contribution in [0.3, 0.4) is 0 Å². The van der Waals surface area contributed by atoms with E-state index in [1.807, 2.05) is 0 Å². The highest BCUT2D eigenvalue weighted by atomic mass is 16.6. The molecule has 0 saturated carbocycles. The van der Waals surface area contributed by atoms with Gasteiger partial charge in [0.1, 0.15) is 36.5 Å². The first-order valence-corrected chi connectivity index (χ1v) is 9.37. The van der Waals surface area contributed by atoms with E-state index in [1.54, 1.807) is 42.5 Å². The van der Waals surface area contributed by atoms with Gasteiger partial charge in [-0.2, -0.15) is 0 Å². The maximum absolute atomic E-state index is 12.9. The maximum atomic E-state index is 12.9. The van der Waals surface area contributed by atoms with E-state index in [-0.39, 0.29) is 17.9 Å². The molecule has 1 saturated heterocycles. The summed E-state index contributed by atoms with van der Waals surface area (Å²) in [5.41, 5.74) is 0.282. The Hall–Kier alpha value is -3.94. The molecule has 3 aromatic rings. The van der Waals surface area contributed by atoms with Gasteiger partial charge >= 0.3 is 0 Å². The topological polar surface area (TPSA) is 102 Å². The molecule has 8 heteroatoms. The first-order valence-electron chi connectivity index (χ1n) is 9.37. The minimum absolute atomic E-state index is 0.0564. The van der Waals surface area contributed by atoms with E-state index in [2.05, 4.69) is 0 Å². The highest BCUT2D eigenvalue weighted by molar-refractivity contribution is 6.46. The third-order valence-corrected chi connectivity index (χ3v) is 5.07. The van der Waals surface area contributed by atoms with Gasteiger partial charge < -0.3 is 28.3 Å². The van der Waals surface area contributed by atoms with Crippen molar-refractivity contribution >= 4 is 17.4 Å². The highest BCUT2D eigenvalue weighted by Gasteiger charge is 2.47. The lowest BCUT2D eigenvalue weighted by Crippen LogP contribution is -2.28. The number of amides is 1. The summed E-state index contributed by atoms with van der Waals surface area (Å²) < 4.78 is 21.9. The van der Waals surface area contributed by atoms with Crippen LogP contribution < -0.4 is 9.47 Å². The summed E-state index contributed by atoms with van der Waals surface area (Å²) in [6.07, 6.45) is 2.94. The molecule has 1 unspecified atom stereocenters. The van der Waals surface area contributed by atoms with Crippen LogP contribution in [-0.2, 0) is 16.1 Å². The van der Waals surface area contributed by atoms with Crippen LogP contribution in [0.2, 0.25) is 0 Å². The number of aliphatic hydroxyl groups is 1. The van der Waals surface area contributed by atoms with E-state index in [1.165, 1.54) is 17.4 Å². The molecule has 0 radical (unpaired) electrons. The zero-order valence-corrected chi connectivity index (χ0v) is 15.7. The van der Waals surface area contributed by atoms with Crippen molar-refractivity contribution in [2.24, 2.45) is 0 Å². The smallest absolute Gasteiger partial charge is 0.296 e. The Labute approximate surface area is 170 Å². The quantitative estimate of drug-likeness (QED) is 0.402. The second-order valence-corrected chi connectivity index (χ2v) is 6.88. The fraction of sp³-hybridized carbons (Fsp3) is 0.182. The molecule has 2 aliphatic rings. The molecule has 0 spiro atoms. The Bertz CT molecular complexity index is 1130. The second kappa shape index (κ2) is 7.14. The van der Waals surface area contributed by atoms with E-state index in [9.17, 15) is 14.7 Å². The normalized spacial score (nSPS) is 20.0. The number of nitrogens with zero attached hydrogens (tertiary/aromatic N) is 1. The molecular formula is C22H17NO7. The van der Waals surface area contributed by atoms with E-state index in [0.29, 0.717) is 41.8 Å². The molecule has 2 aromatic heterocycles. The van der Waals surface area contributed by atoms with E-state index in [4.69, 9.17) is 18.3 Å². The highest BCUT2D eigenvalue weighted by Crippen LogP contribution is 2.41. The number of hydrogen-bond acceptors (Lipinski definition) is 7. The third-order valence-electron chi connectivity index (χ3n) is 5.07. The summed E-state index contributed by atoms with van der Waals surface area (Å²) in [4.78, 5) is 27.1. The first-order chi connectivity index (χ1) is 14.6. The van der Waals surface area contributed by atoms with E-state index >= 15 is 0 Å². The number of fused-ring (bicyclic) bond motifs is 1. The number of rotatable bonds is 4. The van der Waals surface area contributed by atoms with Crippen LogP contribution in [0, 0.1) is 0 Å². The number of likely N-dealkylation sites (tertiary alicyclic amines) is 1. The predicted octanol–water partition coefficient (Wildman–Crippen LogP) is 3.27. The molecule has 1 amide bonds. The zero-order valence-electron chi connectivity index (χ0n) is 15.7. The molecule has 2 aliphatic heterocycles. The van der Waals surface area contributed by atoms with Crippen LogP contribution in [0.1, 0.15) is 23.1 Å². The van der Waals surface area contributed by atoms with Crippen molar-refractivity contribution in [3.63, 3.8) is 0 Å². The largest absolute Gasteiger partial charge is 0.507 e. The number of aliphatic hydroxyl groups excluding tert-OH is 1.